The van der Waals surface area contributed by atoms with Gasteiger partial charge in [-0.1, -0.05) is 12.8 Å². The fourth-order valence-corrected chi connectivity index (χ4v) is 3.36. The molecule has 4 heteroatoms. The molecule has 2 heterocycles. The standard InChI is InChI=1S/C13H15FN2S/c14-9-5-6-12-11(8-9)16-13(17-12)10-4-2-1-3-7-15-10/h5-6,8,10,15H,1-4,7H2. The second-order valence-electron chi connectivity index (χ2n) is 4.52. The fourth-order valence-electron chi connectivity index (χ4n) is 2.31. The molecule has 2 aromatic rings. The zero-order valence-corrected chi connectivity index (χ0v) is 10.4. The Kier molecular flexibility index (Phi) is 3.07. The molecule has 0 aliphatic carbocycles. The molecular formula is C13H15FN2S. The summed E-state index contributed by atoms with van der Waals surface area (Å²) in [4.78, 5) is 4.55. The Bertz CT molecular complexity index is 515. The number of nitrogens with zero attached hydrogens (tertiary/aromatic N) is 1. The van der Waals surface area contributed by atoms with Crippen molar-refractivity contribution >= 4 is 21.6 Å². The monoisotopic (exact) mass is 250 g/mol. The van der Waals surface area contributed by atoms with Crippen molar-refractivity contribution in [2.45, 2.75) is 31.7 Å². The highest BCUT2D eigenvalue weighted by Gasteiger charge is 2.17. The second-order valence-corrected chi connectivity index (χ2v) is 5.58. The van der Waals surface area contributed by atoms with Crippen LogP contribution in [0.1, 0.15) is 36.7 Å². The van der Waals surface area contributed by atoms with Gasteiger partial charge in [0.1, 0.15) is 10.8 Å². The molecule has 1 atom stereocenters. The SMILES string of the molecule is Fc1ccc2sc(C3CCCCCN3)nc2c1. The summed E-state index contributed by atoms with van der Waals surface area (Å²) in [6, 6.07) is 5.21. The van der Waals surface area contributed by atoms with Gasteiger partial charge in [0, 0.05) is 6.07 Å². The van der Waals surface area contributed by atoms with Crippen LogP contribution < -0.4 is 5.32 Å². The Morgan fingerprint density at radius 3 is 3.18 bits per heavy atom. The van der Waals surface area contributed by atoms with E-state index in [1.807, 2.05) is 6.07 Å². The van der Waals surface area contributed by atoms with Crippen LogP contribution in [-0.4, -0.2) is 11.5 Å². The molecule has 1 aromatic carbocycles. The molecule has 0 bridgehead atoms. The van der Waals surface area contributed by atoms with Crippen molar-refractivity contribution in [2.24, 2.45) is 0 Å². The lowest BCUT2D eigenvalue weighted by Gasteiger charge is -2.11. The first-order chi connectivity index (χ1) is 8.33. The largest absolute Gasteiger partial charge is 0.308 e. The summed E-state index contributed by atoms with van der Waals surface area (Å²) in [5.74, 6) is -0.205. The van der Waals surface area contributed by atoms with E-state index in [9.17, 15) is 4.39 Å². The predicted octanol–water partition coefficient (Wildman–Crippen LogP) is 3.64. The summed E-state index contributed by atoms with van der Waals surface area (Å²) < 4.78 is 14.2. The number of nitrogens with one attached hydrogen (secondary N) is 1. The highest BCUT2D eigenvalue weighted by molar-refractivity contribution is 7.18. The van der Waals surface area contributed by atoms with Gasteiger partial charge >= 0.3 is 0 Å². The smallest absolute Gasteiger partial charge is 0.125 e. The highest BCUT2D eigenvalue weighted by atomic mass is 32.1. The molecule has 1 unspecified atom stereocenters. The molecule has 1 N–H and O–H groups in total. The summed E-state index contributed by atoms with van der Waals surface area (Å²) in [5, 5.41) is 4.63. The lowest BCUT2D eigenvalue weighted by Crippen LogP contribution is -2.19. The molecule has 0 saturated carbocycles. The van der Waals surface area contributed by atoms with Crippen molar-refractivity contribution in [3.05, 3.63) is 29.0 Å². The van der Waals surface area contributed by atoms with E-state index in [2.05, 4.69) is 10.3 Å². The van der Waals surface area contributed by atoms with Crippen molar-refractivity contribution in [1.29, 1.82) is 0 Å². The van der Waals surface area contributed by atoms with Crippen molar-refractivity contribution in [3.8, 4) is 0 Å². The van der Waals surface area contributed by atoms with Gasteiger partial charge in [0.2, 0.25) is 0 Å². The van der Waals surface area contributed by atoms with E-state index in [4.69, 9.17) is 0 Å². The fraction of sp³-hybridized carbons (Fsp3) is 0.462. The normalized spacial score (nSPS) is 21.6. The van der Waals surface area contributed by atoms with E-state index >= 15 is 0 Å². The number of halogens is 1. The Morgan fingerprint density at radius 2 is 2.24 bits per heavy atom. The Hall–Kier alpha value is -1.00. The van der Waals surface area contributed by atoms with Crippen LogP contribution in [0.2, 0.25) is 0 Å². The number of hydrogen-bond acceptors (Lipinski definition) is 3. The first-order valence-corrected chi connectivity index (χ1v) is 6.94. The van der Waals surface area contributed by atoms with Crippen LogP contribution in [-0.2, 0) is 0 Å². The van der Waals surface area contributed by atoms with Crippen LogP contribution in [0, 0.1) is 5.82 Å². The van der Waals surface area contributed by atoms with Crippen LogP contribution in [0.5, 0.6) is 0 Å². The van der Waals surface area contributed by atoms with E-state index in [0.717, 1.165) is 28.2 Å². The second kappa shape index (κ2) is 4.70. The Morgan fingerprint density at radius 1 is 1.29 bits per heavy atom. The van der Waals surface area contributed by atoms with Gasteiger partial charge in [0.15, 0.2) is 0 Å². The molecule has 0 radical (unpaired) electrons. The summed E-state index contributed by atoms with van der Waals surface area (Å²) in [6.45, 7) is 1.06. The molecule has 1 aromatic heterocycles. The molecule has 0 amide bonds. The van der Waals surface area contributed by atoms with E-state index in [1.165, 1.54) is 31.4 Å². The van der Waals surface area contributed by atoms with Gasteiger partial charge in [-0.3, -0.25) is 0 Å². The number of aromatic nitrogens is 1. The first kappa shape index (κ1) is 11.1. The van der Waals surface area contributed by atoms with Crippen LogP contribution >= 0.6 is 11.3 Å². The molecule has 1 fully saturated rings. The number of thiazole rings is 1. The molecule has 3 rings (SSSR count). The quantitative estimate of drug-likeness (QED) is 0.835. The summed E-state index contributed by atoms with van der Waals surface area (Å²) in [6.07, 6.45) is 4.93. The molecule has 1 aliphatic rings. The van der Waals surface area contributed by atoms with Gasteiger partial charge in [-0.2, -0.15) is 0 Å². The first-order valence-electron chi connectivity index (χ1n) is 6.12. The molecule has 90 valence electrons. The van der Waals surface area contributed by atoms with Crippen molar-refractivity contribution in [3.63, 3.8) is 0 Å². The zero-order chi connectivity index (χ0) is 11.7. The van der Waals surface area contributed by atoms with E-state index in [0.29, 0.717) is 6.04 Å². The maximum Gasteiger partial charge on any atom is 0.125 e. The van der Waals surface area contributed by atoms with Crippen LogP contribution in [0.15, 0.2) is 18.2 Å². The van der Waals surface area contributed by atoms with Crippen LogP contribution in [0.4, 0.5) is 4.39 Å². The van der Waals surface area contributed by atoms with Gasteiger partial charge in [-0.25, -0.2) is 9.37 Å². The highest BCUT2D eigenvalue weighted by Crippen LogP contribution is 2.30. The minimum absolute atomic E-state index is 0.205. The molecule has 1 saturated heterocycles. The van der Waals surface area contributed by atoms with Crippen molar-refractivity contribution in [1.82, 2.24) is 10.3 Å². The third-order valence-electron chi connectivity index (χ3n) is 3.22. The zero-order valence-electron chi connectivity index (χ0n) is 9.58. The lowest BCUT2D eigenvalue weighted by atomic mass is 10.1. The Balaban J connectivity index is 1.93. The lowest BCUT2D eigenvalue weighted by molar-refractivity contribution is 0.533. The summed E-state index contributed by atoms with van der Waals surface area (Å²) in [5.41, 5.74) is 0.788. The Labute approximate surface area is 104 Å². The number of fused-ring (bicyclic) bond motifs is 1. The van der Waals surface area contributed by atoms with E-state index in [1.54, 1.807) is 11.3 Å². The van der Waals surface area contributed by atoms with Crippen LogP contribution in [0.25, 0.3) is 10.2 Å². The maximum atomic E-state index is 13.1. The molecular weight excluding hydrogens is 235 g/mol. The van der Waals surface area contributed by atoms with Gasteiger partial charge < -0.3 is 5.32 Å². The average molecular weight is 250 g/mol. The van der Waals surface area contributed by atoms with Gasteiger partial charge in [-0.05, 0) is 31.5 Å². The molecule has 1 aliphatic heterocycles. The number of hydrogen-bond donors (Lipinski definition) is 1. The van der Waals surface area contributed by atoms with Crippen molar-refractivity contribution < 1.29 is 4.39 Å². The van der Waals surface area contributed by atoms with E-state index < -0.39 is 0 Å². The minimum atomic E-state index is -0.205. The van der Waals surface area contributed by atoms with Crippen molar-refractivity contribution in [2.75, 3.05) is 6.54 Å². The third kappa shape index (κ3) is 2.33. The van der Waals surface area contributed by atoms with Gasteiger partial charge in [0.05, 0.1) is 16.3 Å². The maximum absolute atomic E-state index is 13.1. The minimum Gasteiger partial charge on any atom is -0.308 e. The van der Waals surface area contributed by atoms with Crippen LogP contribution in [0.3, 0.4) is 0 Å². The van der Waals surface area contributed by atoms with Gasteiger partial charge in [-0.15, -0.1) is 11.3 Å². The molecule has 2 nitrogen and oxygen atoms in total. The third-order valence-corrected chi connectivity index (χ3v) is 4.37. The summed E-state index contributed by atoms with van der Waals surface area (Å²) in [7, 11) is 0. The molecule has 0 spiro atoms. The molecule has 17 heavy (non-hydrogen) atoms. The topological polar surface area (TPSA) is 24.9 Å². The predicted molar refractivity (Wildman–Crippen MR) is 68.8 cm³/mol. The van der Waals surface area contributed by atoms with Gasteiger partial charge in [0.25, 0.3) is 0 Å². The number of benzene rings is 1. The number of rotatable bonds is 1. The summed E-state index contributed by atoms with van der Waals surface area (Å²) >= 11 is 1.68. The average Bonchev–Trinajstić information content (AvgIpc) is 2.57. The van der Waals surface area contributed by atoms with E-state index in [-0.39, 0.29) is 5.82 Å².